The molecule has 0 N–H and O–H groups in total. The zero-order valence-electron chi connectivity index (χ0n) is 13.8. The summed E-state index contributed by atoms with van der Waals surface area (Å²) in [5.74, 6) is 0. The molecule has 0 radical (unpaired) electrons. The van der Waals surface area contributed by atoms with E-state index in [-0.39, 0.29) is 4.71 Å². The normalized spacial score (nSPS) is 14.0. The van der Waals surface area contributed by atoms with E-state index in [0.717, 1.165) is 19.3 Å². The van der Waals surface area contributed by atoms with Crippen LogP contribution in [0.15, 0.2) is 104 Å². The summed E-state index contributed by atoms with van der Waals surface area (Å²) in [5.41, 5.74) is 0. The molecule has 0 amide bonds. The van der Waals surface area contributed by atoms with Gasteiger partial charge in [0.15, 0.2) is 0 Å². The second kappa shape index (κ2) is 7.15. The molecule has 1 atom stereocenters. The number of rotatable bonds is 6. The molecule has 1 unspecified atom stereocenters. The molecule has 3 heteroatoms. The molecule has 0 saturated carbocycles. The molecule has 0 fully saturated rings. The SMILES string of the molecule is C=CC(C=O)[As](Br)(c1ccccc1)(c1ccccc1)c1ccccc1. The molecule has 1 nitrogen and oxygen atoms in total. The molecule has 0 aliphatic rings. The van der Waals surface area contributed by atoms with Gasteiger partial charge in [0, 0.05) is 0 Å². The Bertz CT molecular complexity index is 755. The van der Waals surface area contributed by atoms with Gasteiger partial charge in [-0.05, 0) is 0 Å². The van der Waals surface area contributed by atoms with Crippen LogP contribution in [0.2, 0.25) is 4.71 Å². The maximum absolute atomic E-state index is 12.3. The Morgan fingerprint density at radius 2 is 1.04 bits per heavy atom. The van der Waals surface area contributed by atoms with Crippen LogP contribution < -0.4 is 13.1 Å². The van der Waals surface area contributed by atoms with E-state index in [1.165, 1.54) is 0 Å². The summed E-state index contributed by atoms with van der Waals surface area (Å²) >= 11 is 4.28. The fourth-order valence-electron chi connectivity index (χ4n) is 3.49. The van der Waals surface area contributed by atoms with Gasteiger partial charge in [-0.2, -0.15) is 0 Å². The van der Waals surface area contributed by atoms with Gasteiger partial charge in [0.25, 0.3) is 0 Å². The van der Waals surface area contributed by atoms with Gasteiger partial charge in [-0.25, -0.2) is 0 Å². The summed E-state index contributed by atoms with van der Waals surface area (Å²) in [7, 11) is -3.97. The number of allylic oxidation sites excluding steroid dienone is 1. The van der Waals surface area contributed by atoms with Crippen molar-refractivity contribution in [2.75, 3.05) is 0 Å². The molecule has 3 aromatic carbocycles. The van der Waals surface area contributed by atoms with Gasteiger partial charge < -0.3 is 0 Å². The zero-order chi connectivity index (χ0) is 17.8. The fraction of sp³-hybridized carbons (Fsp3) is 0.0455. The van der Waals surface area contributed by atoms with Crippen LogP contribution in [0.3, 0.4) is 0 Å². The number of aldehydes is 1. The molecule has 0 aliphatic heterocycles. The minimum absolute atomic E-state index is 0.328. The van der Waals surface area contributed by atoms with E-state index >= 15 is 0 Å². The van der Waals surface area contributed by atoms with Crippen molar-refractivity contribution >= 4 is 43.9 Å². The van der Waals surface area contributed by atoms with Crippen molar-refractivity contribution in [1.82, 2.24) is 0 Å². The summed E-state index contributed by atoms with van der Waals surface area (Å²) < 4.78 is 3.16. The first-order valence-corrected chi connectivity index (χ1v) is 16.4. The van der Waals surface area contributed by atoms with Crippen molar-refractivity contribution < 1.29 is 4.79 Å². The topological polar surface area (TPSA) is 17.1 Å². The molecule has 0 aromatic heterocycles. The Kier molecular flexibility index (Phi) is 5.13. The van der Waals surface area contributed by atoms with E-state index in [9.17, 15) is 4.79 Å². The van der Waals surface area contributed by atoms with Crippen molar-refractivity contribution in [3.63, 3.8) is 0 Å². The van der Waals surface area contributed by atoms with Crippen molar-refractivity contribution in [2.24, 2.45) is 0 Å². The number of halogens is 1. The maximum atomic E-state index is 12.3. The summed E-state index contributed by atoms with van der Waals surface area (Å²) in [6, 6.07) is 31.0. The Labute approximate surface area is 156 Å². The van der Waals surface area contributed by atoms with Gasteiger partial charge in [-0.1, -0.05) is 0 Å². The average molecular weight is 455 g/mol. The molecule has 0 saturated heterocycles. The molecule has 0 bridgehead atoms. The molecule has 0 spiro atoms. The van der Waals surface area contributed by atoms with Crippen molar-refractivity contribution in [2.45, 2.75) is 4.71 Å². The van der Waals surface area contributed by atoms with Gasteiger partial charge in [0.05, 0.1) is 0 Å². The first-order valence-electron chi connectivity index (χ1n) is 8.14. The predicted molar refractivity (Wildman–Crippen MR) is 113 cm³/mol. The van der Waals surface area contributed by atoms with E-state index in [1.54, 1.807) is 6.08 Å². The molecular formula is C22H20AsBrO. The third kappa shape index (κ3) is 2.65. The van der Waals surface area contributed by atoms with Crippen molar-refractivity contribution in [3.05, 3.63) is 104 Å². The van der Waals surface area contributed by atoms with Crippen LogP contribution in [0.1, 0.15) is 0 Å². The van der Waals surface area contributed by atoms with Crippen LogP contribution in [0.25, 0.3) is 0 Å². The molecular weight excluding hydrogens is 435 g/mol. The monoisotopic (exact) mass is 454 g/mol. The van der Waals surface area contributed by atoms with E-state index < -0.39 is 10.6 Å². The summed E-state index contributed by atoms with van der Waals surface area (Å²) in [4.78, 5) is 12.3. The average Bonchev–Trinajstić information content (AvgIpc) is 2.71. The van der Waals surface area contributed by atoms with Crippen LogP contribution in [0, 0.1) is 0 Å². The van der Waals surface area contributed by atoms with Crippen LogP contribution in [-0.4, -0.2) is 16.9 Å². The summed E-state index contributed by atoms with van der Waals surface area (Å²) in [6.07, 6.45) is 2.83. The third-order valence-corrected chi connectivity index (χ3v) is 24.8. The molecule has 25 heavy (non-hydrogen) atoms. The first kappa shape index (κ1) is 17.9. The fourth-order valence-corrected chi connectivity index (χ4v) is 18.7. The Balaban J connectivity index is 2.54. The quantitative estimate of drug-likeness (QED) is 0.315. The second-order valence-electron chi connectivity index (χ2n) is 5.94. The number of benzene rings is 3. The van der Waals surface area contributed by atoms with Crippen LogP contribution in [-0.2, 0) is 4.79 Å². The van der Waals surface area contributed by atoms with E-state index in [4.69, 9.17) is 0 Å². The molecule has 0 aliphatic carbocycles. The third-order valence-electron chi connectivity index (χ3n) is 4.72. The van der Waals surface area contributed by atoms with Crippen LogP contribution in [0.4, 0.5) is 0 Å². The second-order valence-corrected chi connectivity index (χ2v) is 22.6. The summed E-state index contributed by atoms with van der Waals surface area (Å²) in [6.45, 7) is 4.00. The van der Waals surface area contributed by atoms with E-state index in [1.807, 2.05) is 54.6 Å². The van der Waals surface area contributed by atoms with Gasteiger partial charge in [-0.15, -0.1) is 0 Å². The molecule has 3 rings (SSSR count). The van der Waals surface area contributed by atoms with Crippen LogP contribution in [0.5, 0.6) is 0 Å². The molecule has 3 aromatic rings. The predicted octanol–water partition coefficient (Wildman–Crippen LogP) is 3.76. The number of carbonyl (C=O) groups is 1. The van der Waals surface area contributed by atoms with Gasteiger partial charge in [-0.3, -0.25) is 0 Å². The number of hydrogen-bond acceptors (Lipinski definition) is 1. The standard InChI is InChI=1S/C22H20AsBrO/c1-2-19(18-25)23(24,20-12-6-3-7-13-20,21-14-8-4-9-15-21)22-16-10-5-11-17-22/h2-19H,1H2. The zero-order valence-corrected chi connectivity index (χ0v) is 17.3. The van der Waals surface area contributed by atoms with Gasteiger partial charge >= 0.3 is 157 Å². The number of hydrogen-bond donors (Lipinski definition) is 0. The van der Waals surface area contributed by atoms with Crippen molar-refractivity contribution in [3.8, 4) is 0 Å². The van der Waals surface area contributed by atoms with E-state index in [0.29, 0.717) is 0 Å². The number of carbonyl (C=O) groups excluding carboxylic acids is 1. The summed E-state index contributed by atoms with van der Waals surface area (Å²) in [5, 5.41) is 0. The van der Waals surface area contributed by atoms with Gasteiger partial charge in [0.2, 0.25) is 0 Å². The van der Waals surface area contributed by atoms with Gasteiger partial charge in [0.1, 0.15) is 0 Å². The van der Waals surface area contributed by atoms with E-state index in [2.05, 4.69) is 56.9 Å². The minimum atomic E-state index is -3.97. The Morgan fingerprint density at radius 3 is 1.28 bits per heavy atom. The molecule has 126 valence electrons. The van der Waals surface area contributed by atoms with Crippen molar-refractivity contribution in [1.29, 1.82) is 0 Å². The van der Waals surface area contributed by atoms with Crippen LogP contribution >= 0.6 is 13.9 Å². The molecule has 0 heterocycles. The Hall–Kier alpha value is -1.89. The first-order chi connectivity index (χ1) is 12.2. The Morgan fingerprint density at radius 1 is 0.720 bits per heavy atom.